The van der Waals surface area contributed by atoms with E-state index in [-0.39, 0.29) is 49.0 Å². The van der Waals surface area contributed by atoms with Gasteiger partial charge in [-0.05, 0) is 24.3 Å². The molecule has 0 unspecified atom stereocenters. The molecule has 0 N–H and O–H groups in total. The third-order valence-electron chi connectivity index (χ3n) is 4.45. The molecule has 0 bridgehead atoms. The minimum atomic E-state index is -0.331. The Morgan fingerprint density at radius 3 is 1.62 bits per heavy atom. The standard InChI is InChI=1S/C24H30O10/c1-26-13-32-22-9-16(10-23(33-14-27-2)24(22)34-15-28-3)19(25)8-7-18-20(30-5)11-17(29-4)12-21(18)31-6/h7-12H,13-15H2,1-6H3/b8-7+. The number of benzene rings is 2. The summed E-state index contributed by atoms with van der Waals surface area (Å²) in [5.74, 6) is 1.92. The van der Waals surface area contributed by atoms with Gasteiger partial charge in [-0.2, -0.15) is 0 Å². The Morgan fingerprint density at radius 1 is 0.676 bits per heavy atom. The topological polar surface area (TPSA) is 100 Å². The van der Waals surface area contributed by atoms with E-state index in [0.717, 1.165) is 0 Å². The first kappa shape index (κ1) is 26.8. The molecule has 0 fully saturated rings. The Morgan fingerprint density at radius 2 is 1.18 bits per heavy atom. The number of rotatable bonds is 15. The Labute approximate surface area is 198 Å². The van der Waals surface area contributed by atoms with Crippen LogP contribution in [0.25, 0.3) is 6.08 Å². The van der Waals surface area contributed by atoms with E-state index in [1.165, 1.54) is 53.8 Å². The fourth-order valence-corrected chi connectivity index (χ4v) is 2.89. The molecule has 34 heavy (non-hydrogen) atoms. The summed E-state index contributed by atoms with van der Waals surface area (Å²) in [7, 11) is 9.02. The van der Waals surface area contributed by atoms with Crippen molar-refractivity contribution >= 4 is 11.9 Å². The molecule has 0 radical (unpaired) electrons. The lowest BCUT2D eigenvalue weighted by Gasteiger charge is -2.17. The first-order chi connectivity index (χ1) is 16.5. The van der Waals surface area contributed by atoms with Crippen molar-refractivity contribution < 1.29 is 47.4 Å². The Kier molecular flexibility index (Phi) is 11.0. The first-order valence-electron chi connectivity index (χ1n) is 10.1. The van der Waals surface area contributed by atoms with Crippen LogP contribution in [0.1, 0.15) is 15.9 Å². The van der Waals surface area contributed by atoms with Crippen LogP contribution < -0.4 is 28.4 Å². The Balaban J connectivity index is 2.47. The molecule has 2 rings (SSSR count). The molecule has 10 nitrogen and oxygen atoms in total. The van der Waals surface area contributed by atoms with Crippen LogP contribution in [0.2, 0.25) is 0 Å². The highest BCUT2D eigenvalue weighted by molar-refractivity contribution is 6.07. The number of hydrogen-bond acceptors (Lipinski definition) is 10. The molecule has 0 spiro atoms. The fraction of sp³-hybridized carbons (Fsp3) is 0.375. The van der Waals surface area contributed by atoms with E-state index < -0.39 is 0 Å². The van der Waals surface area contributed by atoms with Crippen molar-refractivity contribution in [2.45, 2.75) is 0 Å². The van der Waals surface area contributed by atoms with Crippen molar-refractivity contribution in [3.05, 3.63) is 41.5 Å². The molecule has 2 aromatic carbocycles. The van der Waals surface area contributed by atoms with Crippen LogP contribution in [-0.2, 0) is 14.2 Å². The summed E-state index contributed by atoms with van der Waals surface area (Å²) in [5, 5.41) is 0. The summed E-state index contributed by atoms with van der Waals surface area (Å²) in [4.78, 5) is 13.1. The van der Waals surface area contributed by atoms with Crippen molar-refractivity contribution in [1.82, 2.24) is 0 Å². The number of allylic oxidation sites excluding steroid dienone is 1. The first-order valence-corrected chi connectivity index (χ1v) is 10.1. The second-order valence-electron chi connectivity index (χ2n) is 6.60. The second-order valence-corrected chi connectivity index (χ2v) is 6.60. The molecule has 0 aliphatic rings. The van der Waals surface area contributed by atoms with Crippen molar-refractivity contribution in [3.8, 4) is 34.5 Å². The summed E-state index contributed by atoms with van der Waals surface area (Å²) in [6.07, 6.45) is 2.98. The molecule has 0 saturated heterocycles. The maximum absolute atomic E-state index is 13.1. The second kappa shape index (κ2) is 13.9. The average Bonchev–Trinajstić information content (AvgIpc) is 2.87. The number of methoxy groups -OCH3 is 6. The molecule has 0 aromatic heterocycles. The zero-order valence-electron chi connectivity index (χ0n) is 20.2. The predicted octanol–water partition coefficient (Wildman–Crippen LogP) is 3.56. The van der Waals surface area contributed by atoms with Gasteiger partial charge in [0.25, 0.3) is 0 Å². The zero-order chi connectivity index (χ0) is 24.9. The molecular formula is C24H30O10. The van der Waals surface area contributed by atoms with Crippen LogP contribution in [-0.4, -0.2) is 68.8 Å². The highest BCUT2D eigenvalue weighted by Gasteiger charge is 2.19. The zero-order valence-corrected chi connectivity index (χ0v) is 20.2. The SMILES string of the molecule is COCOc1cc(C(=O)/C=C/c2c(OC)cc(OC)cc2OC)cc(OCOC)c1OCOC. The summed E-state index contributed by atoms with van der Waals surface area (Å²) >= 11 is 0. The minimum absolute atomic E-state index is 0.0586. The molecule has 0 saturated carbocycles. The third-order valence-corrected chi connectivity index (χ3v) is 4.45. The van der Waals surface area contributed by atoms with Gasteiger partial charge in [0.15, 0.2) is 37.7 Å². The number of carbonyl (C=O) groups excluding carboxylic acids is 1. The monoisotopic (exact) mass is 478 g/mol. The lowest BCUT2D eigenvalue weighted by molar-refractivity contribution is 0.0217. The van der Waals surface area contributed by atoms with Gasteiger partial charge in [-0.15, -0.1) is 0 Å². The van der Waals surface area contributed by atoms with Gasteiger partial charge in [-0.3, -0.25) is 4.79 Å². The van der Waals surface area contributed by atoms with Crippen LogP contribution in [0.5, 0.6) is 34.5 Å². The quantitative estimate of drug-likeness (QED) is 0.215. The number of hydrogen-bond donors (Lipinski definition) is 0. The average molecular weight is 478 g/mol. The number of ketones is 1. The van der Waals surface area contributed by atoms with Crippen LogP contribution >= 0.6 is 0 Å². The van der Waals surface area contributed by atoms with Gasteiger partial charge in [0.2, 0.25) is 5.75 Å². The molecule has 0 heterocycles. The van der Waals surface area contributed by atoms with Crippen molar-refractivity contribution in [2.75, 3.05) is 63.0 Å². The maximum atomic E-state index is 13.1. The van der Waals surface area contributed by atoms with E-state index in [1.807, 2.05) is 0 Å². The molecule has 0 atom stereocenters. The van der Waals surface area contributed by atoms with Crippen LogP contribution in [0.15, 0.2) is 30.3 Å². The summed E-state index contributed by atoms with van der Waals surface area (Å²) in [5.41, 5.74) is 0.857. The Hall–Kier alpha value is -3.47. The van der Waals surface area contributed by atoms with Crippen molar-refractivity contribution in [3.63, 3.8) is 0 Å². The summed E-state index contributed by atoms with van der Waals surface area (Å²) < 4.78 is 47.9. The van der Waals surface area contributed by atoms with Gasteiger partial charge in [0, 0.05) is 39.0 Å². The van der Waals surface area contributed by atoms with Gasteiger partial charge < -0.3 is 42.6 Å². The van der Waals surface area contributed by atoms with Gasteiger partial charge >= 0.3 is 0 Å². The predicted molar refractivity (Wildman–Crippen MR) is 123 cm³/mol. The van der Waals surface area contributed by atoms with Gasteiger partial charge in [-0.25, -0.2) is 0 Å². The minimum Gasteiger partial charge on any atom is -0.496 e. The lowest BCUT2D eigenvalue weighted by Crippen LogP contribution is -2.09. The highest BCUT2D eigenvalue weighted by atomic mass is 16.7. The highest BCUT2D eigenvalue weighted by Crippen LogP contribution is 2.40. The summed E-state index contributed by atoms with van der Waals surface area (Å²) in [6, 6.07) is 6.45. The lowest BCUT2D eigenvalue weighted by atomic mass is 10.1. The van der Waals surface area contributed by atoms with Crippen LogP contribution in [0, 0.1) is 0 Å². The maximum Gasteiger partial charge on any atom is 0.206 e. The van der Waals surface area contributed by atoms with Gasteiger partial charge in [0.05, 0.1) is 26.9 Å². The molecule has 0 aliphatic heterocycles. The molecular weight excluding hydrogens is 448 g/mol. The molecule has 10 heteroatoms. The van der Waals surface area contributed by atoms with Gasteiger partial charge in [0.1, 0.15) is 17.2 Å². The van der Waals surface area contributed by atoms with E-state index in [4.69, 9.17) is 42.6 Å². The van der Waals surface area contributed by atoms with E-state index >= 15 is 0 Å². The molecule has 0 aliphatic carbocycles. The largest absolute Gasteiger partial charge is 0.496 e. The summed E-state index contributed by atoms with van der Waals surface area (Å²) in [6.45, 7) is -0.196. The molecule has 2 aromatic rings. The van der Waals surface area contributed by atoms with Crippen LogP contribution in [0.4, 0.5) is 0 Å². The fourth-order valence-electron chi connectivity index (χ4n) is 2.89. The molecule has 0 amide bonds. The Bertz CT molecular complexity index is 916. The van der Waals surface area contributed by atoms with E-state index in [1.54, 1.807) is 25.3 Å². The van der Waals surface area contributed by atoms with Crippen molar-refractivity contribution in [1.29, 1.82) is 0 Å². The van der Waals surface area contributed by atoms with Gasteiger partial charge in [-0.1, -0.05) is 0 Å². The normalized spacial score (nSPS) is 10.8. The third kappa shape index (κ3) is 7.01. The van der Waals surface area contributed by atoms with E-state index in [9.17, 15) is 4.79 Å². The molecule has 186 valence electrons. The number of ether oxygens (including phenoxy) is 9. The van der Waals surface area contributed by atoms with E-state index in [2.05, 4.69) is 0 Å². The smallest absolute Gasteiger partial charge is 0.206 e. The van der Waals surface area contributed by atoms with Crippen molar-refractivity contribution in [2.24, 2.45) is 0 Å². The number of carbonyl (C=O) groups is 1. The van der Waals surface area contributed by atoms with E-state index in [0.29, 0.717) is 22.8 Å². The van der Waals surface area contributed by atoms with Crippen LogP contribution in [0.3, 0.4) is 0 Å².